The number of carbonyl (C=O) groups is 1. The summed E-state index contributed by atoms with van der Waals surface area (Å²) in [7, 11) is 1.63. The topological polar surface area (TPSA) is 55.0 Å². The van der Waals surface area contributed by atoms with Crippen molar-refractivity contribution in [1.29, 1.82) is 0 Å². The summed E-state index contributed by atoms with van der Waals surface area (Å²) in [6.07, 6.45) is 1.76. The molecular weight excluding hydrogens is 480 g/mol. The first kappa shape index (κ1) is 23.0. The van der Waals surface area contributed by atoms with Crippen LogP contribution in [-0.4, -0.2) is 23.1 Å². The Balaban J connectivity index is 1.44. The summed E-state index contributed by atoms with van der Waals surface area (Å²) in [5.74, 6) is 1.95. The normalized spacial score (nSPS) is 15.8. The first-order valence-electron chi connectivity index (χ1n) is 10.9. The lowest BCUT2D eigenvalue weighted by atomic mass is 10.2. The van der Waals surface area contributed by atoms with Crippen molar-refractivity contribution < 1.29 is 13.9 Å². The molecule has 4 aromatic rings. The molecule has 1 amide bonds. The quantitative estimate of drug-likeness (QED) is 0.258. The first-order chi connectivity index (χ1) is 17.1. The average Bonchev–Trinajstić information content (AvgIpc) is 3.46. The highest BCUT2D eigenvalue weighted by Crippen LogP contribution is 2.36. The molecule has 0 atom stereocenters. The van der Waals surface area contributed by atoms with Crippen molar-refractivity contribution in [2.24, 2.45) is 4.99 Å². The van der Waals surface area contributed by atoms with Gasteiger partial charge >= 0.3 is 0 Å². The number of ether oxygens (including phenoxy) is 1. The van der Waals surface area contributed by atoms with Crippen LogP contribution in [0.1, 0.15) is 11.3 Å². The molecule has 1 aromatic heterocycles. The van der Waals surface area contributed by atoms with E-state index >= 15 is 0 Å². The Morgan fingerprint density at radius 3 is 2.43 bits per heavy atom. The van der Waals surface area contributed by atoms with Gasteiger partial charge in [-0.3, -0.25) is 9.69 Å². The van der Waals surface area contributed by atoms with E-state index in [2.05, 4.69) is 0 Å². The van der Waals surface area contributed by atoms with E-state index in [4.69, 9.17) is 25.7 Å². The SMILES string of the molecule is COc1ccc(CN2C(=O)/C(=C/c3ccc(-c4ccc(Cl)cc4)o3)SC2=Nc2ccccc2)cc1. The van der Waals surface area contributed by atoms with Crippen molar-refractivity contribution >= 4 is 46.2 Å². The number of methoxy groups -OCH3 is 1. The number of furan rings is 1. The second kappa shape index (κ2) is 10.3. The molecule has 0 radical (unpaired) electrons. The molecule has 174 valence electrons. The minimum absolute atomic E-state index is 0.120. The number of thioether (sulfide) groups is 1. The molecule has 1 aliphatic rings. The molecule has 0 bridgehead atoms. The van der Waals surface area contributed by atoms with E-state index in [0.29, 0.717) is 33.2 Å². The molecule has 2 heterocycles. The van der Waals surface area contributed by atoms with Crippen molar-refractivity contribution in [2.45, 2.75) is 6.54 Å². The summed E-state index contributed by atoms with van der Waals surface area (Å²) in [4.78, 5) is 20.4. The number of hydrogen-bond donors (Lipinski definition) is 0. The van der Waals surface area contributed by atoms with Crippen LogP contribution in [0, 0.1) is 0 Å². The molecular formula is C28H21ClN2O3S. The van der Waals surface area contributed by atoms with Crippen molar-refractivity contribution in [3.63, 3.8) is 0 Å². The molecule has 0 N–H and O–H groups in total. The summed E-state index contributed by atoms with van der Waals surface area (Å²) < 4.78 is 11.2. The summed E-state index contributed by atoms with van der Waals surface area (Å²) in [5, 5.41) is 1.28. The number of amides is 1. The number of halogens is 1. The minimum atomic E-state index is -0.120. The van der Waals surface area contributed by atoms with Crippen LogP contribution in [0.4, 0.5) is 5.69 Å². The molecule has 3 aromatic carbocycles. The van der Waals surface area contributed by atoms with Gasteiger partial charge in [0.2, 0.25) is 0 Å². The lowest BCUT2D eigenvalue weighted by molar-refractivity contribution is -0.122. The molecule has 1 aliphatic heterocycles. The number of benzene rings is 3. The number of rotatable bonds is 6. The van der Waals surface area contributed by atoms with Crippen molar-refractivity contribution in [1.82, 2.24) is 4.90 Å². The number of carbonyl (C=O) groups excluding carboxylic acids is 1. The Morgan fingerprint density at radius 1 is 0.971 bits per heavy atom. The van der Waals surface area contributed by atoms with Crippen LogP contribution in [0.2, 0.25) is 5.02 Å². The summed E-state index contributed by atoms with van der Waals surface area (Å²) in [6, 6.07) is 28.4. The average molecular weight is 501 g/mol. The first-order valence-corrected chi connectivity index (χ1v) is 12.1. The third-order valence-corrected chi connectivity index (χ3v) is 6.66. The zero-order valence-corrected chi connectivity index (χ0v) is 20.4. The van der Waals surface area contributed by atoms with E-state index in [9.17, 15) is 4.79 Å². The third-order valence-electron chi connectivity index (χ3n) is 5.40. The van der Waals surface area contributed by atoms with Gasteiger partial charge in [0.05, 0.1) is 24.2 Å². The van der Waals surface area contributed by atoms with Gasteiger partial charge in [-0.25, -0.2) is 4.99 Å². The van der Waals surface area contributed by atoms with Gasteiger partial charge < -0.3 is 9.15 Å². The maximum absolute atomic E-state index is 13.4. The fourth-order valence-electron chi connectivity index (χ4n) is 3.59. The molecule has 5 nitrogen and oxygen atoms in total. The fourth-order valence-corrected chi connectivity index (χ4v) is 4.69. The van der Waals surface area contributed by atoms with E-state index in [-0.39, 0.29) is 5.91 Å². The van der Waals surface area contributed by atoms with Crippen LogP contribution in [0.25, 0.3) is 17.4 Å². The predicted molar refractivity (Wildman–Crippen MR) is 142 cm³/mol. The van der Waals surface area contributed by atoms with Gasteiger partial charge in [-0.1, -0.05) is 41.9 Å². The lowest BCUT2D eigenvalue weighted by Gasteiger charge is -2.16. The van der Waals surface area contributed by atoms with E-state index in [1.807, 2.05) is 91.0 Å². The van der Waals surface area contributed by atoms with Gasteiger partial charge in [-0.05, 0) is 78.0 Å². The molecule has 35 heavy (non-hydrogen) atoms. The van der Waals surface area contributed by atoms with Crippen LogP contribution in [0.3, 0.4) is 0 Å². The fraction of sp³-hybridized carbons (Fsp3) is 0.0714. The Labute approximate surface area is 212 Å². The maximum atomic E-state index is 13.4. The van der Waals surface area contributed by atoms with Gasteiger partial charge in [0, 0.05) is 16.7 Å². The molecule has 1 fully saturated rings. The number of hydrogen-bond acceptors (Lipinski definition) is 5. The Kier molecular flexibility index (Phi) is 6.75. The van der Waals surface area contributed by atoms with E-state index in [0.717, 1.165) is 22.6 Å². The maximum Gasteiger partial charge on any atom is 0.267 e. The highest BCUT2D eigenvalue weighted by atomic mass is 35.5. The smallest absolute Gasteiger partial charge is 0.267 e. The van der Waals surface area contributed by atoms with Crippen LogP contribution in [0.5, 0.6) is 5.75 Å². The third kappa shape index (κ3) is 5.34. The van der Waals surface area contributed by atoms with Crippen molar-refractivity contribution in [3.05, 3.63) is 112 Å². The molecule has 1 saturated heterocycles. The zero-order valence-electron chi connectivity index (χ0n) is 18.9. The summed E-state index contributed by atoms with van der Waals surface area (Å²) in [5.41, 5.74) is 2.67. The standard InChI is InChI=1S/C28H21ClN2O3S/c1-33-23-13-7-19(8-14-23)18-31-27(32)26(35-28(31)30-22-5-3-2-4-6-22)17-24-15-16-25(34-24)20-9-11-21(29)12-10-20/h2-17H,18H2,1H3/b26-17-,30-28?. The zero-order chi connectivity index (χ0) is 24.2. The van der Waals surface area contributed by atoms with Crippen molar-refractivity contribution in [2.75, 3.05) is 7.11 Å². The number of para-hydroxylation sites is 1. The van der Waals surface area contributed by atoms with E-state index in [1.54, 1.807) is 18.1 Å². The molecule has 0 unspecified atom stereocenters. The molecule has 7 heteroatoms. The van der Waals surface area contributed by atoms with Crippen molar-refractivity contribution in [3.8, 4) is 17.1 Å². The van der Waals surface area contributed by atoms with Gasteiger partial charge in [0.15, 0.2) is 5.17 Å². The van der Waals surface area contributed by atoms with Gasteiger partial charge in [-0.15, -0.1) is 0 Å². The van der Waals surface area contributed by atoms with Crippen LogP contribution in [0.15, 0.2) is 105 Å². The van der Waals surface area contributed by atoms with E-state index < -0.39 is 0 Å². The van der Waals surface area contributed by atoms with Crippen LogP contribution < -0.4 is 4.74 Å². The van der Waals surface area contributed by atoms with Gasteiger partial charge in [0.25, 0.3) is 5.91 Å². The van der Waals surface area contributed by atoms with Gasteiger partial charge in [-0.2, -0.15) is 0 Å². The molecule has 5 rings (SSSR count). The second-order valence-electron chi connectivity index (χ2n) is 7.79. The van der Waals surface area contributed by atoms with E-state index in [1.165, 1.54) is 11.8 Å². The van der Waals surface area contributed by atoms with Crippen LogP contribution in [-0.2, 0) is 11.3 Å². The molecule has 0 saturated carbocycles. The summed E-state index contributed by atoms with van der Waals surface area (Å²) >= 11 is 7.33. The molecule has 0 aliphatic carbocycles. The Hall–Kier alpha value is -3.74. The minimum Gasteiger partial charge on any atom is -0.497 e. The lowest BCUT2D eigenvalue weighted by Crippen LogP contribution is -2.28. The largest absolute Gasteiger partial charge is 0.497 e. The number of aliphatic imine (C=N–C) groups is 1. The highest BCUT2D eigenvalue weighted by Gasteiger charge is 2.33. The Morgan fingerprint density at radius 2 is 1.71 bits per heavy atom. The monoisotopic (exact) mass is 500 g/mol. The number of nitrogens with zero attached hydrogens (tertiary/aromatic N) is 2. The second-order valence-corrected chi connectivity index (χ2v) is 9.23. The molecule has 0 spiro atoms. The highest BCUT2D eigenvalue weighted by molar-refractivity contribution is 8.18. The van der Waals surface area contributed by atoms with Crippen LogP contribution >= 0.6 is 23.4 Å². The summed E-state index contributed by atoms with van der Waals surface area (Å²) in [6.45, 7) is 0.396. The number of amidine groups is 1. The van der Waals surface area contributed by atoms with Gasteiger partial charge in [0.1, 0.15) is 17.3 Å². The predicted octanol–water partition coefficient (Wildman–Crippen LogP) is 7.41. The Bertz CT molecular complexity index is 1390.